The van der Waals surface area contributed by atoms with Gasteiger partial charge in [-0.05, 0) is 29.8 Å². The Labute approximate surface area is 176 Å². The predicted octanol–water partition coefficient (Wildman–Crippen LogP) is 1.62. The highest BCUT2D eigenvalue weighted by molar-refractivity contribution is 5.76. The van der Waals surface area contributed by atoms with E-state index >= 15 is 0 Å². The molecule has 0 unspecified atom stereocenters. The summed E-state index contributed by atoms with van der Waals surface area (Å²) in [6, 6.07) is 16.5. The number of hydrogen-bond donors (Lipinski definition) is 0. The van der Waals surface area contributed by atoms with Gasteiger partial charge in [-0.2, -0.15) is 0 Å². The van der Waals surface area contributed by atoms with Crippen molar-refractivity contribution in [3.63, 3.8) is 0 Å². The fraction of sp³-hybridized carbons (Fsp3) is 0.182. The van der Waals surface area contributed by atoms with Crippen LogP contribution >= 0.6 is 0 Å². The van der Waals surface area contributed by atoms with Gasteiger partial charge in [-0.25, -0.2) is 14.6 Å². The summed E-state index contributed by atoms with van der Waals surface area (Å²) >= 11 is 0. The second-order valence-corrected chi connectivity index (χ2v) is 6.97. The maximum absolute atomic E-state index is 12.4. The van der Waals surface area contributed by atoms with Gasteiger partial charge in [0.15, 0.2) is 11.2 Å². The molecule has 0 aliphatic rings. The first kappa shape index (κ1) is 20.1. The number of imidazole rings is 1. The van der Waals surface area contributed by atoms with Crippen molar-refractivity contribution in [1.29, 1.82) is 0 Å². The van der Waals surface area contributed by atoms with E-state index in [4.69, 9.17) is 9.47 Å². The van der Waals surface area contributed by atoms with Gasteiger partial charge in [0, 0.05) is 14.1 Å². The van der Waals surface area contributed by atoms with E-state index in [1.54, 1.807) is 24.3 Å². The Bertz CT molecular complexity index is 1350. The van der Waals surface area contributed by atoms with Crippen LogP contribution in [-0.2, 0) is 32.0 Å². The molecule has 0 saturated heterocycles. The standard InChI is InChI=1S/C22H20N4O5/c1-24-20-19(21(28)25(2)22(24)29)26(14-23-20)12-18(27)31-17-10-8-16(9-11-17)30-13-15-6-4-3-5-7-15/h3-11,14H,12-13H2,1-2H3. The van der Waals surface area contributed by atoms with Crippen molar-refractivity contribution in [3.8, 4) is 11.5 Å². The van der Waals surface area contributed by atoms with E-state index in [2.05, 4.69) is 4.98 Å². The number of benzene rings is 2. The third-order valence-corrected chi connectivity index (χ3v) is 4.82. The number of ether oxygens (including phenoxy) is 2. The van der Waals surface area contributed by atoms with Gasteiger partial charge in [-0.3, -0.25) is 13.9 Å². The summed E-state index contributed by atoms with van der Waals surface area (Å²) in [6.45, 7) is 0.210. The van der Waals surface area contributed by atoms with Crippen molar-refractivity contribution in [2.45, 2.75) is 13.2 Å². The summed E-state index contributed by atoms with van der Waals surface area (Å²) in [5.41, 5.74) is 0.407. The summed E-state index contributed by atoms with van der Waals surface area (Å²) in [6.07, 6.45) is 1.34. The van der Waals surface area contributed by atoms with Gasteiger partial charge in [-0.15, -0.1) is 0 Å². The van der Waals surface area contributed by atoms with Gasteiger partial charge in [0.25, 0.3) is 5.56 Å². The van der Waals surface area contributed by atoms with Crippen LogP contribution in [-0.4, -0.2) is 24.7 Å². The average molecular weight is 420 g/mol. The minimum atomic E-state index is -0.576. The molecular weight excluding hydrogens is 400 g/mol. The van der Waals surface area contributed by atoms with Gasteiger partial charge >= 0.3 is 11.7 Å². The van der Waals surface area contributed by atoms with Gasteiger partial charge < -0.3 is 14.0 Å². The predicted molar refractivity (Wildman–Crippen MR) is 113 cm³/mol. The number of carbonyl (C=O) groups is 1. The van der Waals surface area contributed by atoms with Gasteiger partial charge in [0.2, 0.25) is 0 Å². The Hall–Kier alpha value is -4.14. The molecule has 9 heteroatoms. The maximum atomic E-state index is 12.4. The van der Waals surface area contributed by atoms with E-state index in [0.717, 1.165) is 10.1 Å². The second-order valence-electron chi connectivity index (χ2n) is 6.97. The van der Waals surface area contributed by atoms with Crippen LogP contribution in [0.2, 0.25) is 0 Å². The van der Waals surface area contributed by atoms with E-state index in [-0.39, 0.29) is 17.7 Å². The van der Waals surface area contributed by atoms with Crippen LogP contribution in [0.5, 0.6) is 11.5 Å². The molecule has 0 radical (unpaired) electrons. The van der Waals surface area contributed by atoms with Crippen molar-refractivity contribution in [2.75, 3.05) is 0 Å². The highest BCUT2D eigenvalue weighted by Crippen LogP contribution is 2.19. The first-order valence-electron chi connectivity index (χ1n) is 9.52. The molecule has 0 bridgehead atoms. The van der Waals surface area contributed by atoms with Crippen LogP contribution in [0, 0.1) is 0 Å². The molecule has 0 aliphatic heterocycles. The molecule has 0 amide bonds. The highest BCUT2D eigenvalue weighted by Gasteiger charge is 2.16. The number of nitrogens with zero attached hydrogens (tertiary/aromatic N) is 4. The summed E-state index contributed by atoms with van der Waals surface area (Å²) in [4.78, 5) is 40.9. The SMILES string of the molecule is Cn1c(=O)c2c(ncn2CC(=O)Oc2ccc(OCc3ccccc3)cc2)n(C)c1=O. The number of aromatic nitrogens is 4. The summed E-state index contributed by atoms with van der Waals surface area (Å²) in [7, 11) is 2.89. The van der Waals surface area contributed by atoms with E-state index in [0.29, 0.717) is 18.1 Å². The van der Waals surface area contributed by atoms with Gasteiger partial charge in [0.1, 0.15) is 24.7 Å². The molecule has 2 aromatic heterocycles. The number of carbonyl (C=O) groups excluding carboxylic acids is 1. The lowest BCUT2D eigenvalue weighted by atomic mass is 10.2. The number of rotatable bonds is 6. The fourth-order valence-electron chi connectivity index (χ4n) is 3.16. The third-order valence-electron chi connectivity index (χ3n) is 4.82. The molecule has 2 aromatic carbocycles. The normalized spacial score (nSPS) is 10.9. The Kier molecular flexibility index (Phi) is 5.40. The van der Waals surface area contributed by atoms with Crippen LogP contribution < -0.4 is 20.7 Å². The van der Waals surface area contributed by atoms with Crippen LogP contribution in [0.3, 0.4) is 0 Å². The van der Waals surface area contributed by atoms with Crippen molar-refractivity contribution in [1.82, 2.24) is 18.7 Å². The van der Waals surface area contributed by atoms with Crippen LogP contribution in [0.1, 0.15) is 5.56 Å². The molecule has 0 fully saturated rings. The Morgan fingerprint density at radius 2 is 1.61 bits per heavy atom. The van der Waals surface area contributed by atoms with Crippen LogP contribution in [0.4, 0.5) is 0 Å². The topological polar surface area (TPSA) is 97.3 Å². The quantitative estimate of drug-likeness (QED) is 0.347. The largest absolute Gasteiger partial charge is 0.489 e. The second kappa shape index (κ2) is 8.31. The molecule has 31 heavy (non-hydrogen) atoms. The highest BCUT2D eigenvalue weighted by atomic mass is 16.5. The zero-order valence-corrected chi connectivity index (χ0v) is 17.0. The monoisotopic (exact) mass is 420 g/mol. The minimum absolute atomic E-state index is 0.159. The Balaban J connectivity index is 1.43. The number of fused-ring (bicyclic) bond motifs is 1. The van der Waals surface area contributed by atoms with Crippen molar-refractivity contribution < 1.29 is 14.3 Å². The first-order valence-corrected chi connectivity index (χ1v) is 9.52. The van der Waals surface area contributed by atoms with Crippen LogP contribution in [0.25, 0.3) is 11.2 Å². The molecule has 2 heterocycles. The average Bonchev–Trinajstić information content (AvgIpc) is 3.20. The number of aryl methyl sites for hydroxylation is 1. The van der Waals surface area contributed by atoms with E-state index in [1.165, 1.54) is 29.6 Å². The molecule has 9 nitrogen and oxygen atoms in total. The van der Waals surface area contributed by atoms with Crippen molar-refractivity contribution >= 4 is 17.1 Å². The molecule has 0 spiro atoms. The minimum Gasteiger partial charge on any atom is -0.489 e. The zero-order valence-electron chi connectivity index (χ0n) is 17.0. The van der Waals surface area contributed by atoms with Crippen LogP contribution in [0.15, 0.2) is 70.5 Å². The van der Waals surface area contributed by atoms with Crippen molar-refractivity contribution in [3.05, 3.63) is 87.3 Å². The van der Waals surface area contributed by atoms with E-state index < -0.39 is 17.2 Å². The molecule has 158 valence electrons. The lowest BCUT2D eigenvalue weighted by molar-refractivity contribution is -0.135. The molecular formula is C22H20N4O5. The molecule has 0 aliphatic carbocycles. The molecule has 4 rings (SSSR count). The number of esters is 1. The third kappa shape index (κ3) is 4.11. The smallest absolute Gasteiger partial charge is 0.332 e. The van der Waals surface area contributed by atoms with Gasteiger partial charge in [0.05, 0.1) is 6.33 Å². The summed E-state index contributed by atoms with van der Waals surface area (Å²) in [5, 5.41) is 0. The number of hydrogen-bond acceptors (Lipinski definition) is 6. The molecule has 0 N–H and O–H groups in total. The first-order chi connectivity index (χ1) is 14.9. The zero-order chi connectivity index (χ0) is 22.0. The summed E-state index contributed by atoms with van der Waals surface area (Å²) in [5.74, 6) is 0.420. The van der Waals surface area contributed by atoms with E-state index in [9.17, 15) is 14.4 Å². The summed E-state index contributed by atoms with van der Waals surface area (Å²) < 4.78 is 14.7. The lowest BCUT2D eigenvalue weighted by Crippen LogP contribution is -2.37. The van der Waals surface area contributed by atoms with Crippen molar-refractivity contribution in [2.24, 2.45) is 14.1 Å². The van der Waals surface area contributed by atoms with E-state index in [1.807, 2.05) is 30.3 Å². The molecule has 0 saturated carbocycles. The maximum Gasteiger partial charge on any atom is 0.332 e. The Morgan fingerprint density at radius 3 is 2.32 bits per heavy atom. The molecule has 4 aromatic rings. The Morgan fingerprint density at radius 1 is 0.935 bits per heavy atom. The lowest BCUT2D eigenvalue weighted by Gasteiger charge is -2.09. The molecule has 0 atom stereocenters. The van der Waals surface area contributed by atoms with Gasteiger partial charge in [-0.1, -0.05) is 30.3 Å². The fourth-order valence-corrected chi connectivity index (χ4v) is 3.16.